The molecule has 0 aromatic heterocycles. The predicted octanol–water partition coefficient (Wildman–Crippen LogP) is 3.25. The molecule has 0 spiro atoms. The van der Waals surface area contributed by atoms with Crippen LogP contribution >= 0.6 is 0 Å². The number of hydrogen-bond acceptors (Lipinski definition) is 3. The van der Waals surface area contributed by atoms with Crippen LogP contribution in [0.25, 0.3) is 0 Å². The van der Waals surface area contributed by atoms with Crippen LogP contribution in [0.3, 0.4) is 0 Å². The van der Waals surface area contributed by atoms with E-state index in [0.29, 0.717) is 0 Å². The first-order valence-electron chi connectivity index (χ1n) is 6.19. The van der Waals surface area contributed by atoms with Gasteiger partial charge in [-0.05, 0) is 43.0 Å². The lowest BCUT2D eigenvalue weighted by Crippen LogP contribution is -2.12. The van der Waals surface area contributed by atoms with Crippen LogP contribution in [0, 0.1) is 5.41 Å². The average Bonchev–Trinajstić information content (AvgIpc) is 2.38. The van der Waals surface area contributed by atoms with Crippen LogP contribution in [0.4, 0.5) is 0 Å². The molecular weight excluding hydrogens is 228 g/mol. The number of ether oxygens (including phenoxy) is 2. The summed E-state index contributed by atoms with van der Waals surface area (Å²) in [6.45, 7) is 3.92. The van der Waals surface area contributed by atoms with Gasteiger partial charge >= 0.3 is 0 Å². The second-order valence-corrected chi connectivity index (χ2v) is 5.14. The fraction of sp³-hybridized carbons (Fsp3) is 0.533. The number of aryl methyl sites for hydroxylation is 1. The molecule has 0 amide bonds. The summed E-state index contributed by atoms with van der Waals surface area (Å²) in [5.41, 5.74) is 0.880. The van der Waals surface area contributed by atoms with Gasteiger partial charge in [0.1, 0.15) is 17.8 Å². The molecule has 1 aromatic rings. The summed E-state index contributed by atoms with van der Waals surface area (Å²) >= 11 is 0. The zero-order valence-corrected chi connectivity index (χ0v) is 11.7. The van der Waals surface area contributed by atoms with E-state index in [-0.39, 0.29) is 5.41 Å². The van der Waals surface area contributed by atoms with Gasteiger partial charge in [-0.1, -0.05) is 13.8 Å². The maximum atomic E-state index is 10.8. The molecule has 0 bridgehead atoms. The number of benzene rings is 1. The first-order valence-corrected chi connectivity index (χ1v) is 6.19. The van der Waals surface area contributed by atoms with Crippen molar-refractivity contribution < 1.29 is 14.3 Å². The van der Waals surface area contributed by atoms with Crippen molar-refractivity contribution in [3.63, 3.8) is 0 Å². The number of aldehydes is 1. The van der Waals surface area contributed by atoms with Crippen molar-refractivity contribution in [3.8, 4) is 11.5 Å². The summed E-state index contributed by atoms with van der Waals surface area (Å²) in [6, 6.07) is 5.80. The zero-order chi connectivity index (χ0) is 13.6. The lowest BCUT2D eigenvalue weighted by atomic mass is 9.88. The minimum absolute atomic E-state index is 0.244. The molecule has 0 fully saturated rings. The zero-order valence-electron chi connectivity index (χ0n) is 11.7. The third-order valence-corrected chi connectivity index (χ3v) is 3.07. The number of hydrogen-bond donors (Lipinski definition) is 0. The van der Waals surface area contributed by atoms with Gasteiger partial charge in [-0.2, -0.15) is 0 Å². The molecule has 0 atom stereocenters. The van der Waals surface area contributed by atoms with Crippen LogP contribution in [0.5, 0.6) is 11.5 Å². The Kier molecular flexibility index (Phi) is 5.20. The van der Waals surface area contributed by atoms with Gasteiger partial charge in [0.2, 0.25) is 0 Å². The SMILES string of the molecule is COc1ccc(OC)c(CCCC(C)(C)C=O)c1. The summed E-state index contributed by atoms with van der Waals surface area (Å²) in [5.74, 6) is 1.71. The molecule has 0 aliphatic carbocycles. The molecule has 0 radical (unpaired) electrons. The van der Waals surface area contributed by atoms with Crippen molar-refractivity contribution in [2.45, 2.75) is 33.1 Å². The van der Waals surface area contributed by atoms with Crippen LogP contribution in [-0.2, 0) is 11.2 Å². The summed E-state index contributed by atoms with van der Waals surface area (Å²) in [6.07, 6.45) is 3.74. The molecule has 0 aliphatic heterocycles. The van der Waals surface area contributed by atoms with Crippen LogP contribution in [0.15, 0.2) is 18.2 Å². The Bertz CT molecular complexity index is 397. The van der Waals surface area contributed by atoms with E-state index < -0.39 is 0 Å². The normalized spacial score (nSPS) is 11.1. The summed E-state index contributed by atoms with van der Waals surface area (Å²) in [4.78, 5) is 10.8. The van der Waals surface area contributed by atoms with E-state index in [4.69, 9.17) is 9.47 Å². The van der Waals surface area contributed by atoms with Gasteiger partial charge in [0.25, 0.3) is 0 Å². The second kappa shape index (κ2) is 6.43. The number of methoxy groups -OCH3 is 2. The highest BCUT2D eigenvalue weighted by atomic mass is 16.5. The molecule has 100 valence electrons. The maximum Gasteiger partial charge on any atom is 0.125 e. The van der Waals surface area contributed by atoms with E-state index in [9.17, 15) is 4.79 Å². The molecule has 0 saturated carbocycles. The van der Waals surface area contributed by atoms with Gasteiger partial charge in [-0.25, -0.2) is 0 Å². The topological polar surface area (TPSA) is 35.5 Å². The lowest BCUT2D eigenvalue weighted by Gasteiger charge is -2.17. The van der Waals surface area contributed by atoms with Gasteiger partial charge in [0.05, 0.1) is 14.2 Å². The lowest BCUT2D eigenvalue weighted by molar-refractivity contribution is -0.115. The van der Waals surface area contributed by atoms with Crippen LogP contribution in [0.1, 0.15) is 32.3 Å². The van der Waals surface area contributed by atoms with Gasteiger partial charge in [-0.15, -0.1) is 0 Å². The standard InChI is InChI=1S/C15H22O3/c1-15(2,11-16)9-5-6-12-10-13(17-3)7-8-14(12)18-4/h7-8,10-11H,5-6,9H2,1-4H3. The van der Waals surface area contributed by atoms with E-state index in [2.05, 4.69) is 0 Å². The van der Waals surface area contributed by atoms with E-state index in [0.717, 1.165) is 42.6 Å². The molecule has 18 heavy (non-hydrogen) atoms. The number of rotatable bonds is 7. The van der Waals surface area contributed by atoms with Crippen molar-refractivity contribution in [1.82, 2.24) is 0 Å². The van der Waals surface area contributed by atoms with E-state index in [1.165, 1.54) is 0 Å². The van der Waals surface area contributed by atoms with E-state index >= 15 is 0 Å². The fourth-order valence-corrected chi connectivity index (χ4v) is 1.87. The minimum Gasteiger partial charge on any atom is -0.497 e. The summed E-state index contributed by atoms with van der Waals surface area (Å²) in [7, 11) is 3.32. The molecular formula is C15H22O3. The highest BCUT2D eigenvalue weighted by molar-refractivity contribution is 5.57. The van der Waals surface area contributed by atoms with Crippen LogP contribution < -0.4 is 9.47 Å². The predicted molar refractivity (Wildman–Crippen MR) is 72.3 cm³/mol. The first kappa shape index (κ1) is 14.6. The Morgan fingerprint density at radius 3 is 2.50 bits per heavy atom. The molecule has 3 nitrogen and oxygen atoms in total. The molecule has 0 N–H and O–H groups in total. The summed E-state index contributed by atoms with van der Waals surface area (Å²) < 4.78 is 10.5. The number of carbonyl (C=O) groups is 1. The fourth-order valence-electron chi connectivity index (χ4n) is 1.87. The summed E-state index contributed by atoms with van der Waals surface area (Å²) in [5, 5.41) is 0. The Labute approximate surface area is 109 Å². The van der Waals surface area contributed by atoms with Gasteiger partial charge in [0, 0.05) is 5.41 Å². The Hall–Kier alpha value is -1.51. The monoisotopic (exact) mass is 250 g/mol. The highest BCUT2D eigenvalue weighted by Crippen LogP contribution is 2.27. The molecule has 3 heteroatoms. The van der Waals surface area contributed by atoms with Crippen LogP contribution in [-0.4, -0.2) is 20.5 Å². The van der Waals surface area contributed by atoms with E-state index in [1.807, 2.05) is 32.0 Å². The Morgan fingerprint density at radius 2 is 1.94 bits per heavy atom. The molecule has 0 unspecified atom stereocenters. The smallest absolute Gasteiger partial charge is 0.125 e. The second-order valence-electron chi connectivity index (χ2n) is 5.14. The van der Waals surface area contributed by atoms with Crippen molar-refractivity contribution in [2.24, 2.45) is 5.41 Å². The highest BCUT2D eigenvalue weighted by Gasteiger charge is 2.16. The molecule has 0 heterocycles. The Morgan fingerprint density at radius 1 is 1.22 bits per heavy atom. The number of carbonyl (C=O) groups excluding carboxylic acids is 1. The largest absolute Gasteiger partial charge is 0.497 e. The first-order chi connectivity index (χ1) is 8.52. The molecule has 0 aliphatic rings. The maximum absolute atomic E-state index is 10.8. The van der Waals surface area contributed by atoms with Crippen molar-refractivity contribution in [3.05, 3.63) is 23.8 Å². The molecule has 0 saturated heterocycles. The van der Waals surface area contributed by atoms with Gasteiger partial charge in [0.15, 0.2) is 0 Å². The van der Waals surface area contributed by atoms with Crippen molar-refractivity contribution in [1.29, 1.82) is 0 Å². The van der Waals surface area contributed by atoms with Gasteiger partial charge < -0.3 is 14.3 Å². The van der Waals surface area contributed by atoms with E-state index in [1.54, 1.807) is 14.2 Å². The Balaban J connectivity index is 2.68. The third kappa shape index (κ3) is 4.06. The molecule has 1 rings (SSSR count). The minimum atomic E-state index is -0.244. The quantitative estimate of drug-likeness (QED) is 0.697. The van der Waals surface area contributed by atoms with Crippen molar-refractivity contribution >= 4 is 6.29 Å². The van der Waals surface area contributed by atoms with Gasteiger partial charge in [-0.3, -0.25) is 0 Å². The molecule has 1 aromatic carbocycles. The third-order valence-electron chi connectivity index (χ3n) is 3.07. The van der Waals surface area contributed by atoms with Crippen molar-refractivity contribution in [2.75, 3.05) is 14.2 Å². The average molecular weight is 250 g/mol. The van der Waals surface area contributed by atoms with Crippen LogP contribution in [0.2, 0.25) is 0 Å².